The minimum atomic E-state index is -1.07. The lowest BCUT2D eigenvalue weighted by molar-refractivity contribution is -0.154. The Hall–Kier alpha value is -1.27. The average Bonchev–Trinajstić information content (AvgIpc) is 2.26. The number of urea groups is 1. The van der Waals surface area contributed by atoms with E-state index in [1.165, 1.54) is 4.90 Å². The molecule has 0 bridgehead atoms. The molecule has 2 amide bonds. The van der Waals surface area contributed by atoms with Crippen molar-refractivity contribution >= 4 is 23.6 Å². The fourth-order valence-corrected chi connectivity index (χ4v) is 1.33. The fraction of sp³-hybridized carbons (Fsp3) is 0.556. The third kappa shape index (κ3) is 3.71. The van der Waals surface area contributed by atoms with Crippen LogP contribution in [-0.2, 0) is 9.53 Å². The number of carboxylic acid groups (broad SMARTS) is 1. The SMILES string of the molecule is C=C(Cl)CNC(=O)N1CCOC(C(=O)O)C1. The van der Waals surface area contributed by atoms with Gasteiger partial charge in [-0.1, -0.05) is 18.2 Å². The largest absolute Gasteiger partial charge is 0.479 e. The van der Waals surface area contributed by atoms with Crippen LogP contribution in [0.25, 0.3) is 0 Å². The number of nitrogens with one attached hydrogen (secondary N) is 1. The Balaban J connectivity index is 2.43. The zero-order valence-electron chi connectivity index (χ0n) is 8.61. The lowest BCUT2D eigenvalue weighted by Crippen LogP contribution is -2.51. The molecule has 6 nitrogen and oxygen atoms in total. The summed E-state index contributed by atoms with van der Waals surface area (Å²) >= 11 is 5.49. The molecular formula is C9H13ClN2O4. The molecule has 0 aromatic heterocycles. The first kappa shape index (κ1) is 12.8. The summed E-state index contributed by atoms with van der Waals surface area (Å²) in [7, 11) is 0. The first-order valence-electron chi connectivity index (χ1n) is 4.71. The topological polar surface area (TPSA) is 78.9 Å². The van der Waals surface area contributed by atoms with Crippen LogP contribution >= 0.6 is 11.6 Å². The van der Waals surface area contributed by atoms with Gasteiger partial charge in [-0.2, -0.15) is 0 Å². The van der Waals surface area contributed by atoms with Crippen LogP contribution in [0, 0.1) is 0 Å². The Morgan fingerprint density at radius 2 is 2.31 bits per heavy atom. The van der Waals surface area contributed by atoms with Crippen molar-refractivity contribution in [3.8, 4) is 0 Å². The van der Waals surface area contributed by atoms with Gasteiger partial charge in [-0.25, -0.2) is 9.59 Å². The van der Waals surface area contributed by atoms with E-state index in [2.05, 4.69) is 11.9 Å². The molecule has 1 heterocycles. The van der Waals surface area contributed by atoms with Crippen molar-refractivity contribution in [1.82, 2.24) is 10.2 Å². The number of carbonyl (C=O) groups is 2. The quantitative estimate of drug-likeness (QED) is 0.750. The maximum absolute atomic E-state index is 11.5. The summed E-state index contributed by atoms with van der Waals surface area (Å²) < 4.78 is 4.98. The van der Waals surface area contributed by atoms with Gasteiger partial charge in [-0.15, -0.1) is 0 Å². The zero-order valence-corrected chi connectivity index (χ0v) is 9.37. The summed E-state index contributed by atoms with van der Waals surface area (Å²) in [4.78, 5) is 23.6. The maximum atomic E-state index is 11.5. The Morgan fingerprint density at radius 3 is 2.88 bits per heavy atom. The van der Waals surface area contributed by atoms with Crippen LogP contribution in [0.3, 0.4) is 0 Å². The number of morpholine rings is 1. The monoisotopic (exact) mass is 248 g/mol. The Morgan fingerprint density at radius 1 is 1.62 bits per heavy atom. The van der Waals surface area contributed by atoms with E-state index in [0.29, 0.717) is 11.6 Å². The van der Waals surface area contributed by atoms with Gasteiger partial charge in [0.2, 0.25) is 0 Å². The van der Waals surface area contributed by atoms with Gasteiger partial charge in [0, 0.05) is 11.6 Å². The second-order valence-electron chi connectivity index (χ2n) is 3.32. The molecule has 1 unspecified atom stereocenters. The van der Waals surface area contributed by atoms with Crippen molar-refractivity contribution in [3.05, 3.63) is 11.6 Å². The van der Waals surface area contributed by atoms with E-state index in [9.17, 15) is 9.59 Å². The summed E-state index contributed by atoms with van der Waals surface area (Å²) in [5.41, 5.74) is 0. The minimum Gasteiger partial charge on any atom is -0.479 e. The molecule has 2 N–H and O–H groups in total. The predicted octanol–water partition coefficient (Wildman–Crippen LogP) is 0.234. The molecule has 1 atom stereocenters. The van der Waals surface area contributed by atoms with Gasteiger partial charge in [0.1, 0.15) is 0 Å². The highest BCUT2D eigenvalue weighted by atomic mass is 35.5. The summed E-state index contributed by atoms with van der Waals surface area (Å²) in [6, 6.07) is -0.364. The molecule has 16 heavy (non-hydrogen) atoms. The van der Waals surface area contributed by atoms with Crippen LogP contribution in [0.5, 0.6) is 0 Å². The number of carboxylic acids is 1. The number of carbonyl (C=O) groups excluding carboxylic acids is 1. The standard InChI is InChI=1S/C9H13ClN2O4/c1-6(10)4-11-9(15)12-2-3-16-7(5-12)8(13)14/h7H,1-5H2,(H,11,15)(H,13,14). The normalized spacial score (nSPS) is 20.3. The molecule has 0 aromatic rings. The van der Waals surface area contributed by atoms with E-state index in [4.69, 9.17) is 21.4 Å². The molecule has 0 spiro atoms. The van der Waals surface area contributed by atoms with Gasteiger partial charge in [0.25, 0.3) is 0 Å². The van der Waals surface area contributed by atoms with Crippen LogP contribution in [0.2, 0.25) is 0 Å². The van der Waals surface area contributed by atoms with E-state index >= 15 is 0 Å². The predicted molar refractivity (Wildman–Crippen MR) is 57.3 cm³/mol. The minimum absolute atomic E-state index is 0.0376. The molecule has 0 aromatic carbocycles. The van der Waals surface area contributed by atoms with Gasteiger partial charge in [-0.05, 0) is 0 Å². The van der Waals surface area contributed by atoms with Crippen molar-refractivity contribution in [2.45, 2.75) is 6.10 Å². The summed E-state index contributed by atoms with van der Waals surface area (Å²) in [5.74, 6) is -1.07. The van der Waals surface area contributed by atoms with Crippen LogP contribution in [0.4, 0.5) is 4.79 Å². The van der Waals surface area contributed by atoms with Crippen molar-refractivity contribution in [2.75, 3.05) is 26.2 Å². The molecule has 90 valence electrons. The lowest BCUT2D eigenvalue weighted by atomic mass is 10.3. The van der Waals surface area contributed by atoms with Crippen LogP contribution in [-0.4, -0.2) is 54.4 Å². The Kier molecular flexibility index (Phi) is 4.57. The number of rotatable bonds is 3. The van der Waals surface area contributed by atoms with Crippen LogP contribution < -0.4 is 5.32 Å². The molecular weight excluding hydrogens is 236 g/mol. The molecule has 1 aliphatic heterocycles. The van der Waals surface area contributed by atoms with E-state index in [0.717, 1.165) is 0 Å². The van der Waals surface area contributed by atoms with Crippen LogP contribution in [0.15, 0.2) is 11.6 Å². The maximum Gasteiger partial charge on any atom is 0.334 e. The number of nitrogens with zero attached hydrogens (tertiary/aromatic N) is 1. The molecule has 0 aliphatic carbocycles. The molecule has 0 radical (unpaired) electrons. The number of ether oxygens (including phenoxy) is 1. The molecule has 1 aliphatic rings. The third-order valence-corrected chi connectivity index (χ3v) is 2.19. The summed E-state index contributed by atoms with van der Waals surface area (Å²) in [5, 5.41) is 11.6. The molecule has 1 fully saturated rings. The first-order chi connectivity index (χ1) is 7.50. The van der Waals surface area contributed by atoms with Crippen molar-refractivity contribution in [3.63, 3.8) is 0 Å². The second-order valence-corrected chi connectivity index (χ2v) is 3.85. The van der Waals surface area contributed by atoms with Crippen molar-refractivity contribution in [2.24, 2.45) is 0 Å². The van der Waals surface area contributed by atoms with Gasteiger partial charge in [0.15, 0.2) is 6.10 Å². The molecule has 1 rings (SSSR count). The molecule has 7 heteroatoms. The smallest absolute Gasteiger partial charge is 0.334 e. The van der Waals surface area contributed by atoms with E-state index < -0.39 is 12.1 Å². The van der Waals surface area contributed by atoms with Gasteiger partial charge in [0.05, 0.1) is 19.7 Å². The van der Waals surface area contributed by atoms with E-state index in [1.807, 2.05) is 0 Å². The first-order valence-corrected chi connectivity index (χ1v) is 5.09. The molecule has 1 saturated heterocycles. The van der Waals surface area contributed by atoms with E-state index in [1.54, 1.807) is 0 Å². The summed E-state index contributed by atoms with van der Waals surface area (Å²) in [6.45, 7) is 4.21. The lowest BCUT2D eigenvalue weighted by Gasteiger charge is -2.30. The van der Waals surface area contributed by atoms with Crippen LogP contribution in [0.1, 0.15) is 0 Å². The summed E-state index contributed by atoms with van der Waals surface area (Å²) in [6.07, 6.45) is -0.960. The van der Waals surface area contributed by atoms with E-state index in [-0.39, 0.29) is 25.7 Å². The highest BCUT2D eigenvalue weighted by Crippen LogP contribution is 2.05. The third-order valence-electron chi connectivity index (χ3n) is 2.06. The van der Waals surface area contributed by atoms with Gasteiger partial charge in [-0.3, -0.25) is 0 Å². The highest BCUT2D eigenvalue weighted by molar-refractivity contribution is 6.29. The average molecular weight is 249 g/mol. The molecule has 0 saturated carbocycles. The second kappa shape index (κ2) is 5.72. The number of aliphatic carboxylic acids is 1. The van der Waals surface area contributed by atoms with Gasteiger partial charge >= 0.3 is 12.0 Å². The Labute approximate surface area is 97.8 Å². The highest BCUT2D eigenvalue weighted by Gasteiger charge is 2.28. The van der Waals surface area contributed by atoms with Gasteiger partial charge < -0.3 is 20.1 Å². The Bertz CT molecular complexity index is 308. The number of halogens is 1. The van der Waals surface area contributed by atoms with Crippen molar-refractivity contribution in [1.29, 1.82) is 0 Å². The zero-order chi connectivity index (χ0) is 12.1. The number of hydrogen-bond acceptors (Lipinski definition) is 3. The number of amides is 2. The fourth-order valence-electron chi connectivity index (χ4n) is 1.27. The van der Waals surface area contributed by atoms with Crippen molar-refractivity contribution < 1.29 is 19.4 Å². The number of hydrogen-bond donors (Lipinski definition) is 2.